The Hall–Kier alpha value is 0.140. The maximum absolute atomic E-state index is 3.43. The van der Waals surface area contributed by atoms with Crippen LogP contribution in [-0.4, -0.2) is 6.04 Å². The van der Waals surface area contributed by atoms with Crippen molar-refractivity contribution in [2.75, 3.05) is 0 Å². The van der Waals surface area contributed by atoms with Gasteiger partial charge in [0.05, 0.1) is 3.79 Å². The van der Waals surface area contributed by atoms with E-state index in [2.05, 4.69) is 47.2 Å². The fraction of sp³-hybridized carbons (Fsp3) is 0.500. The van der Waals surface area contributed by atoms with Gasteiger partial charge in [-0.15, -0.1) is 11.3 Å². The van der Waals surface area contributed by atoms with Gasteiger partial charge in [-0.1, -0.05) is 13.8 Å². The molecule has 0 radical (unpaired) electrons. The Labute approximate surface area is 79.9 Å². The van der Waals surface area contributed by atoms with E-state index in [0.29, 0.717) is 6.04 Å². The number of thiophene rings is 1. The molecular weight excluding hydrogens is 222 g/mol. The number of hydrogen-bond donors (Lipinski definition) is 1. The maximum Gasteiger partial charge on any atom is 0.0701 e. The van der Waals surface area contributed by atoms with E-state index in [-0.39, 0.29) is 0 Å². The summed E-state index contributed by atoms with van der Waals surface area (Å²) in [5.41, 5.74) is 0. The zero-order chi connectivity index (χ0) is 8.27. The molecule has 1 heterocycles. The predicted octanol–water partition coefficient (Wildman–Crippen LogP) is 3.01. The zero-order valence-corrected chi connectivity index (χ0v) is 9.13. The van der Waals surface area contributed by atoms with Gasteiger partial charge in [0.25, 0.3) is 0 Å². The molecule has 0 fully saturated rings. The molecule has 1 aromatic heterocycles. The Morgan fingerprint density at radius 3 is 2.73 bits per heavy atom. The molecule has 0 atom stereocenters. The molecule has 0 aliphatic heterocycles. The molecule has 1 aromatic rings. The molecule has 0 aliphatic rings. The van der Waals surface area contributed by atoms with E-state index in [4.69, 9.17) is 0 Å². The van der Waals surface area contributed by atoms with Crippen molar-refractivity contribution in [3.8, 4) is 0 Å². The largest absolute Gasteiger partial charge is 0.310 e. The first kappa shape index (κ1) is 9.23. The molecule has 3 heteroatoms. The highest BCUT2D eigenvalue weighted by atomic mass is 79.9. The first-order valence-corrected chi connectivity index (χ1v) is 5.27. The van der Waals surface area contributed by atoms with Crippen molar-refractivity contribution in [1.82, 2.24) is 5.32 Å². The van der Waals surface area contributed by atoms with Crippen LogP contribution in [0.4, 0.5) is 0 Å². The number of hydrogen-bond acceptors (Lipinski definition) is 2. The summed E-state index contributed by atoms with van der Waals surface area (Å²) in [6.07, 6.45) is 0. The Morgan fingerprint density at radius 1 is 1.55 bits per heavy atom. The third-order valence-corrected chi connectivity index (χ3v) is 2.94. The van der Waals surface area contributed by atoms with Crippen molar-refractivity contribution in [3.05, 3.63) is 20.8 Å². The Balaban J connectivity index is 2.39. The van der Waals surface area contributed by atoms with E-state index in [1.807, 2.05) is 0 Å². The van der Waals surface area contributed by atoms with Gasteiger partial charge in [0.1, 0.15) is 0 Å². The fourth-order valence-corrected chi connectivity index (χ4v) is 2.19. The molecule has 0 bridgehead atoms. The summed E-state index contributed by atoms with van der Waals surface area (Å²) in [6, 6.07) is 4.79. The van der Waals surface area contributed by atoms with Gasteiger partial charge in [-0.2, -0.15) is 0 Å². The van der Waals surface area contributed by atoms with E-state index >= 15 is 0 Å². The second-order valence-electron chi connectivity index (χ2n) is 2.74. The average Bonchev–Trinajstić information content (AvgIpc) is 2.31. The van der Waals surface area contributed by atoms with Gasteiger partial charge >= 0.3 is 0 Å². The van der Waals surface area contributed by atoms with Crippen molar-refractivity contribution >= 4 is 27.3 Å². The monoisotopic (exact) mass is 233 g/mol. The maximum atomic E-state index is 3.43. The number of nitrogens with one attached hydrogen (secondary N) is 1. The van der Waals surface area contributed by atoms with Crippen molar-refractivity contribution in [2.24, 2.45) is 0 Å². The van der Waals surface area contributed by atoms with Gasteiger partial charge in [0.15, 0.2) is 0 Å². The summed E-state index contributed by atoms with van der Waals surface area (Å²) in [6.45, 7) is 5.29. The third-order valence-electron chi connectivity index (χ3n) is 1.31. The molecule has 0 aliphatic carbocycles. The molecule has 62 valence electrons. The van der Waals surface area contributed by atoms with Crippen molar-refractivity contribution < 1.29 is 0 Å². The van der Waals surface area contributed by atoms with Crippen LogP contribution in [0.1, 0.15) is 18.7 Å². The van der Waals surface area contributed by atoms with Crippen LogP contribution in [0.25, 0.3) is 0 Å². The molecule has 0 saturated heterocycles. The van der Waals surface area contributed by atoms with Gasteiger partial charge in [-0.05, 0) is 28.1 Å². The highest BCUT2D eigenvalue weighted by Crippen LogP contribution is 2.21. The second kappa shape index (κ2) is 4.24. The standard InChI is InChI=1S/C8H12BrNS/c1-6(2)10-5-7-3-4-8(9)11-7/h3-4,6,10H,5H2,1-2H3. The van der Waals surface area contributed by atoms with Crippen LogP contribution in [-0.2, 0) is 6.54 Å². The summed E-state index contributed by atoms with van der Waals surface area (Å²) in [7, 11) is 0. The topological polar surface area (TPSA) is 12.0 Å². The van der Waals surface area contributed by atoms with Crippen molar-refractivity contribution in [2.45, 2.75) is 26.4 Å². The molecule has 1 N–H and O–H groups in total. The van der Waals surface area contributed by atoms with E-state index in [0.717, 1.165) is 6.54 Å². The lowest BCUT2D eigenvalue weighted by Crippen LogP contribution is -2.21. The van der Waals surface area contributed by atoms with E-state index in [1.165, 1.54) is 8.66 Å². The van der Waals surface area contributed by atoms with Crippen LogP contribution in [0.15, 0.2) is 15.9 Å². The molecular formula is C8H12BrNS. The van der Waals surface area contributed by atoms with Crippen molar-refractivity contribution in [1.29, 1.82) is 0 Å². The normalized spacial score (nSPS) is 10.9. The van der Waals surface area contributed by atoms with E-state index < -0.39 is 0 Å². The first-order chi connectivity index (χ1) is 5.18. The summed E-state index contributed by atoms with van der Waals surface area (Å²) < 4.78 is 1.21. The van der Waals surface area contributed by atoms with Crippen LogP contribution >= 0.6 is 27.3 Å². The molecule has 0 spiro atoms. The van der Waals surface area contributed by atoms with Crippen molar-refractivity contribution in [3.63, 3.8) is 0 Å². The molecule has 0 aromatic carbocycles. The van der Waals surface area contributed by atoms with E-state index in [9.17, 15) is 0 Å². The minimum atomic E-state index is 0.566. The average molecular weight is 234 g/mol. The Morgan fingerprint density at radius 2 is 2.27 bits per heavy atom. The first-order valence-electron chi connectivity index (χ1n) is 3.66. The van der Waals surface area contributed by atoms with Crippen LogP contribution < -0.4 is 5.32 Å². The lowest BCUT2D eigenvalue weighted by molar-refractivity contribution is 0.593. The minimum Gasteiger partial charge on any atom is -0.310 e. The molecule has 11 heavy (non-hydrogen) atoms. The summed E-state index contributed by atoms with van der Waals surface area (Å²) in [5.74, 6) is 0. The third kappa shape index (κ3) is 3.36. The highest BCUT2D eigenvalue weighted by Gasteiger charge is 1.97. The Kier molecular flexibility index (Phi) is 3.55. The molecule has 1 rings (SSSR count). The van der Waals surface area contributed by atoms with E-state index in [1.54, 1.807) is 11.3 Å². The summed E-state index contributed by atoms with van der Waals surface area (Å²) in [4.78, 5) is 1.38. The van der Waals surface area contributed by atoms with Crippen LogP contribution in [0, 0.1) is 0 Å². The summed E-state index contributed by atoms with van der Waals surface area (Å²) >= 11 is 5.21. The number of rotatable bonds is 3. The van der Waals surface area contributed by atoms with Gasteiger partial charge in [-0.3, -0.25) is 0 Å². The second-order valence-corrected chi connectivity index (χ2v) is 5.29. The SMILES string of the molecule is CC(C)NCc1ccc(Br)s1. The van der Waals surface area contributed by atoms with Crippen LogP contribution in [0.3, 0.4) is 0 Å². The molecule has 1 nitrogen and oxygen atoms in total. The lowest BCUT2D eigenvalue weighted by Gasteiger charge is -2.04. The van der Waals surface area contributed by atoms with Gasteiger partial charge in [0.2, 0.25) is 0 Å². The smallest absolute Gasteiger partial charge is 0.0701 e. The van der Waals surface area contributed by atoms with Crippen LogP contribution in [0.2, 0.25) is 0 Å². The Bertz CT molecular complexity index is 220. The molecule has 0 saturated carbocycles. The molecule has 0 unspecified atom stereocenters. The fourth-order valence-electron chi connectivity index (χ4n) is 0.751. The minimum absolute atomic E-state index is 0.566. The number of halogens is 1. The quantitative estimate of drug-likeness (QED) is 0.847. The molecule has 0 amide bonds. The zero-order valence-electron chi connectivity index (χ0n) is 6.73. The van der Waals surface area contributed by atoms with Gasteiger partial charge < -0.3 is 5.32 Å². The van der Waals surface area contributed by atoms with Gasteiger partial charge in [-0.25, -0.2) is 0 Å². The van der Waals surface area contributed by atoms with Crippen LogP contribution in [0.5, 0.6) is 0 Å². The predicted molar refractivity (Wildman–Crippen MR) is 54.0 cm³/mol. The lowest BCUT2D eigenvalue weighted by atomic mass is 10.4. The highest BCUT2D eigenvalue weighted by molar-refractivity contribution is 9.11. The van der Waals surface area contributed by atoms with Gasteiger partial charge in [0, 0.05) is 17.5 Å². The summed E-state index contributed by atoms with van der Waals surface area (Å²) in [5, 5.41) is 3.36.